The smallest absolute Gasteiger partial charge is 0.305 e. The third-order valence-electron chi connectivity index (χ3n) is 4.49. The van der Waals surface area contributed by atoms with E-state index in [4.69, 9.17) is 45.6 Å². The summed E-state index contributed by atoms with van der Waals surface area (Å²) >= 11 is 18.5. The van der Waals surface area contributed by atoms with E-state index in [0.29, 0.717) is 17.2 Å². The monoisotopic (exact) mass is 450 g/mol. The summed E-state index contributed by atoms with van der Waals surface area (Å²) in [5, 5.41) is 21.6. The molecule has 1 aliphatic rings. The number of aromatic nitrogens is 1. The van der Waals surface area contributed by atoms with Crippen molar-refractivity contribution >= 4 is 58.0 Å². The number of carbonyl (C=O) groups is 2. The second-order valence-corrected chi connectivity index (χ2v) is 7.44. The van der Waals surface area contributed by atoms with Gasteiger partial charge in [0.15, 0.2) is 12.5 Å². The van der Waals surface area contributed by atoms with Crippen LogP contribution in [0.5, 0.6) is 0 Å². The number of esters is 1. The van der Waals surface area contributed by atoms with Gasteiger partial charge >= 0.3 is 5.97 Å². The molecule has 2 unspecified atom stereocenters. The van der Waals surface area contributed by atoms with Gasteiger partial charge in [-0.3, -0.25) is 9.59 Å². The lowest BCUT2D eigenvalue weighted by Crippen LogP contribution is -2.34. The molecular weight excluding hydrogens is 433 g/mol. The first-order chi connectivity index (χ1) is 13.7. The summed E-state index contributed by atoms with van der Waals surface area (Å²) in [5.74, 6) is -0.754. The minimum Gasteiger partial charge on any atom is -0.463 e. The molecule has 2 aromatic rings. The van der Waals surface area contributed by atoms with Crippen LogP contribution in [0.1, 0.15) is 37.7 Å². The first kappa shape index (κ1) is 19.9. The first-order valence-electron chi connectivity index (χ1n) is 9.03. The molecule has 0 saturated carbocycles. The number of aldehydes is 1. The van der Waals surface area contributed by atoms with Crippen LogP contribution in [0.2, 0.25) is 15.2 Å². The fourth-order valence-electron chi connectivity index (χ4n) is 3.13. The van der Waals surface area contributed by atoms with E-state index in [2.05, 4.69) is 0 Å². The summed E-state index contributed by atoms with van der Waals surface area (Å²) in [6, 6.07) is 2.95. The molecule has 0 bridgehead atoms. The fraction of sp³-hybridized carbons (Fsp3) is 0.444. The Morgan fingerprint density at radius 1 is 1.32 bits per heavy atom. The summed E-state index contributed by atoms with van der Waals surface area (Å²) in [5.41, 5.74) is 0.498. The minimum absolute atomic E-state index is 0.0283. The number of hydrogen-bond donors (Lipinski definition) is 2. The molecule has 152 valence electrons. The molecule has 2 N–H and O–H groups in total. The zero-order chi connectivity index (χ0) is 21.5. The second-order valence-electron chi connectivity index (χ2n) is 6.26. The molecule has 0 radical (unpaired) electrons. The van der Waals surface area contributed by atoms with E-state index in [1.165, 1.54) is 16.7 Å². The average molecular weight is 452 g/mol. The van der Waals surface area contributed by atoms with Crippen molar-refractivity contribution in [3.63, 3.8) is 0 Å². The van der Waals surface area contributed by atoms with Crippen molar-refractivity contribution in [2.45, 2.75) is 44.3 Å². The van der Waals surface area contributed by atoms with Crippen molar-refractivity contribution in [3.8, 4) is 0 Å². The Morgan fingerprint density at radius 3 is 2.64 bits per heavy atom. The van der Waals surface area contributed by atoms with Crippen LogP contribution in [0.25, 0.3) is 10.9 Å². The maximum atomic E-state index is 11.7. The molecule has 7 nitrogen and oxygen atoms in total. The van der Waals surface area contributed by atoms with Crippen molar-refractivity contribution in [2.75, 3.05) is 6.61 Å². The first-order valence-corrected chi connectivity index (χ1v) is 9.58. The normalized spacial score (nSPS) is 26.3. The third kappa shape index (κ3) is 3.75. The van der Waals surface area contributed by atoms with Crippen LogP contribution in [0, 0.1) is 0 Å². The lowest BCUT2D eigenvalue weighted by Gasteiger charge is -2.19. The number of ether oxygens (including phenoxy) is 2. The Kier molecular flexibility index (Phi) is 6.10. The number of fused-ring (bicyclic) bond motifs is 1. The molecule has 5 atom stereocenters. The van der Waals surface area contributed by atoms with Gasteiger partial charge in [0.05, 0.1) is 21.1 Å². The molecule has 1 fully saturated rings. The van der Waals surface area contributed by atoms with Gasteiger partial charge in [-0.1, -0.05) is 41.7 Å². The zero-order valence-electron chi connectivity index (χ0n) is 15.6. The van der Waals surface area contributed by atoms with Crippen LogP contribution in [0.3, 0.4) is 0 Å². The van der Waals surface area contributed by atoms with E-state index in [0.717, 1.165) is 0 Å². The van der Waals surface area contributed by atoms with Gasteiger partial charge in [-0.2, -0.15) is 0 Å². The molecule has 1 aromatic heterocycles. The van der Waals surface area contributed by atoms with Crippen LogP contribution in [0.4, 0.5) is 0 Å². The topological polar surface area (TPSA) is 98.0 Å². The summed E-state index contributed by atoms with van der Waals surface area (Å²) < 4.78 is 19.6. The van der Waals surface area contributed by atoms with Gasteiger partial charge in [0, 0.05) is 13.2 Å². The predicted molar refractivity (Wildman–Crippen MR) is 104 cm³/mol. The van der Waals surface area contributed by atoms with Gasteiger partial charge in [-0.05, 0) is 18.6 Å². The van der Waals surface area contributed by atoms with Crippen molar-refractivity contribution in [2.24, 2.45) is 0 Å². The quantitative estimate of drug-likeness (QED) is 0.516. The highest BCUT2D eigenvalue weighted by Gasteiger charge is 2.45. The molecule has 1 aliphatic heterocycles. The number of rotatable bonds is 6. The fourth-order valence-corrected chi connectivity index (χ4v) is 3.78. The summed E-state index contributed by atoms with van der Waals surface area (Å²) in [6.07, 6.45) is -5.28. The average Bonchev–Trinajstić information content (AvgIpc) is 3.12. The third-order valence-corrected chi connectivity index (χ3v) is 5.60. The lowest BCUT2D eigenvalue weighted by molar-refractivity contribution is -0.150. The maximum absolute atomic E-state index is 11.7. The standard InChI is InChI=1S/C18H18Cl3NO6/c1-2-3-14(24)27-7-13-15(25)16(26)18(28-13)22-12-5-11(20)10(19)4-8(12)9(6-23)17(22)21/h4-6,13,15-16,18,25-26H,2-3,7H2,1H3/t13-,15-,16-,18?/m1/s1/i3D/t3?,13-,15-,16-,18?. The molecule has 1 aromatic carbocycles. The number of aliphatic hydroxyl groups is 2. The van der Waals surface area contributed by atoms with Crippen LogP contribution in [-0.4, -0.2) is 52.0 Å². The largest absolute Gasteiger partial charge is 0.463 e. The van der Waals surface area contributed by atoms with Crippen LogP contribution in [-0.2, 0) is 14.3 Å². The van der Waals surface area contributed by atoms with Crippen molar-refractivity contribution in [1.82, 2.24) is 4.57 Å². The minimum atomic E-state index is -1.43. The highest BCUT2D eigenvalue weighted by Crippen LogP contribution is 2.40. The molecule has 10 heteroatoms. The Bertz CT molecular complexity index is 952. The number of nitrogens with zero attached hydrogens (tertiary/aromatic N) is 1. The van der Waals surface area contributed by atoms with E-state index in [9.17, 15) is 19.8 Å². The second kappa shape index (κ2) is 8.57. The Hall–Kier alpha value is -1.35. The summed E-state index contributed by atoms with van der Waals surface area (Å²) in [4.78, 5) is 23.3. The van der Waals surface area contributed by atoms with Gasteiger partial charge < -0.3 is 24.3 Å². The van der Waals surface area contributed by atoms with Crippen LogP contribution in [0.15, 0.2) is 12.1 Å². The summed E-state index contributed by atoms with van der Waals surface area (Å²) in [6.45, 7) is 1.31. The van der Waals surface area contributed by atoms with Crippen molar-refractivity contribution in [1.29, 1.82) is 0 Å². The summed E-state index contributed by atoms with van der Waals surface area (Å²) in [7, 11) is 0. The highest BCUT2D eigenvalue weighted by molar-refractivity contribution is 6.43. The maximum Gasteiger partial charge on any atom is 0.305 e. The van der Waals surface area contributed by atoms with Gasteiger partial charge in [-0.25, -0.2) is 0 Å². The molecule has 0 amide bonds. The molecule has 0 aliphatic carbocycles. The number of benzene rings is 1. The van der Waals surface area contributed by atoms with E-state index in [1.54, 1.807) is 6.92 Å². The molecule has 3 rings (SSSR count). The van der Waals surface area contributed by atoms with Gasteiger partial charge in [0.1, 0.15) is 30.1 Å². The zero-order valence-corrected chi connectivity index (χ0v) is 16.9. The van der Waals surface area contributed by atoms with Gasteiger partial charge in [0.25, 0.3) is 0 Å². The molecule has 1 saturated heterocycles. The Morgan fingerprint density at radius 2 is 2.00 bits per heavy atom. The molecular formula is C18H18Cl3NO6. The SMILES string of the molecule is [2H]C(CC)C(=O)OC[C@H]1OC(n2c(Cl)c(C=O)c3cc(Cl)c(Cl)cc32)[C@H](O)[C@@H]1O. The van der Waals surface area contributed by atoms with E-state index in [-0.39, 0.29) is 33.8 Å². The van der Waals surface area contributed by atoms with Gasteiger partial charge in [-0.15, -0.1) is 0 Å². The molecule has 2 heterocycles. The highest BCUT2D eigenvalue weighted by atomic mass is 35.5. The Labute approximate surface area is 177 Å². The van der Waals surface area contributed by atoms with E-state index in [1.807, 2.05) is 0 Å². The molecule has 28 heavy (non-hydrogen) atoms. The lowest BCUT2D eigenvalue weighted by atomic mass is 10.1. The van der Waals surface area contributed by atoms with Gasteiger partial charge in [0.2, 0.25) is 0 Å². The number of carbonyl (C=O) groups excluding carboxylic acids is 2. The van der Waals surface area contributed by atoms with E-state index < -0.39 is 36.9 Å². The number of aliphatic hydroxyl groups excluding tert-OH is 2. The van der Waals surface area contributed by atoms with Crippen molar-refractivity contribution < 1.29 is 30.6 Å². The molecule has 0 spiro atoms. The Balaban J connectivity index is 1.94. The van der Waals surface area contributed by atoms with Crippen LogP contribution >= 0.6 is 34.8 Å². The van der Waals surface area contributed by atoms with Crippen molar-refractivity contribution in [3.05, 3.63) is 32.9 Å². The number of hydrogen-bond acceptors (Lipinski definition) is 6. The predicted octanol–water partition coefficient (Wildman–Crippen LogP) is 3.38. The van der Waals surface area contributed by atoms with E-state index >= 15 is 0 Å². The number of halogens is 3. The van der Waals surface area contributed by atoms with Crippen LogP contribution < -0.4 is 0 Å².